The molecule has 3 N–H and O–H groups in total. The Bertz CT molecular complexity index is 1040. The number of benzene rings is 3. The van der Waals surface area contributed by atoms with Crippen molar-refractivity contribution in [2.24, 2.45) is 5.73 Å². The Hall–Kier alpha value is -3.22. The molecule has 0 fully saturated rings. The average Bonchev–Trinajstić information content (AvgIpc) is 2.81. The summed E-state index contributed by atoms with van der Waals surface area (Å²) in [7, 11) is 1.63. The second-order valence-corrected chi connectivity index (χ2v) is 7.40. The molecule has 1 atom stereocenters. The first-order chi connectivity index (χ1) is 15.0. The third-order valence-corrected chi connectivity index (χ3v) is 5.28. The summed E-state index contributed by atoms with van der Waals surface area (Å²) in [6.07, 6.45) is 0.766. The van der Waals surface area contributed by atoms with Crippen LogP contribution >= 0.6 is 0 Å². The zero-order chi connectivity index (χ0) is 22.2. The molecular formula is C25H29N3O3. The van der Waals surface area contributed by atoms with Crippen molar-refractivity contribution in [1.29, 1.82) is 0 Å². The molecule has 0 saturated carbocycles. The van der Waals surface area contributed by atoms with Gasteiger partial charge in [-0.2, -0.15) is 0 Å². The molecular weight excluding hydrogens is 390 g/mol. The average molecular weight is 420 g/mol. The number of hydrogen-bond donors (Lipinski definition) is 2. The van der Waals surface area contributed by atoms with E-state index >= 15 is 0 Å². The zero-order valence-electron chi connectivity index (χ0n) is 18.0. The monoisotopic (exact) mass is 419 g/mol. The van der Waals surface area contributed by atoms with Gasteiger partial charge in [0.25, 0.3) is 5.91 Å². The Labute approximate surface area is 183 Å². The molecule has 0 aliphatic carbocycles. The minimum atomic E-state index is -0.438. The van der Waals surface area contributed by atoms with Crippen LogP contribution in [0, 0.1) is 0 Å². The van der Waals surface area contributed by atoms with E-state index in [1.165, 1.54) is 4.90 Å². The number of nitrogens with one attached hydrogen (secondary N) is 1. The number of nitrogens with two attached hydrogens (primary N) is 1. The highest BCUT2D eigenvalue weighted by Gasteiger charge is 2.28. The van der Waals surface area contributed by atoms with Crippen LogP contribution in [0.5, 0.6) is 5.75 Å². The molecule has 3 aromatic carbocycles. The Morgan fingerprint density at radius 3 is 2.48 bits per heavy atom. The van der Waals surface area contributed by atoms with E-state index in [-0.39, 0.29) is 18.4 Å². The second-order valence-electron chi connectivity index (χ2n) is 7.40. The van der Waals surface area contributed by atoms with Crippen LogP contribution in [0.1, 0.15) is 35.3 Å². The molecule has 0 saturated heterocycles. The van der Waals surface area contributed by atoms with Crippen molar-refractivity contribution in [2.45, 2.75) is 19.4 Å². The van der Waals surface area contributed by atoms with Gasteiger partial charge in [-0.25, -0.2) is 0 Å². The zero-order valence-corrected chi connectivity index (χ0v) is 18.0. The molecule has 0 aliphatic heterocycles. The predicted molar refractivity (Wildman–Crippen MR) is 123 cm³/mol. The van der Waals surface area contributed by atoms with Crippen molar-refractivity contribution >= 4 is 22.6 Å². The van der Waals surface area contributed by atoms with Crippen molar-refractivity contribution in [3.05, 3.63) is 77.9 Å². The highest BCUT2D eigenvalue weighted by molar-refractivity contribution is 6.05. The number of rotatable bonds is 9. The number of carbonyl (C=O) groups is 2. The summed E-state index contributed by atoms with van der Waals surface area (Å²) in [5, 5.41) is 5.14. The molecule has 31 heavy (non-hydrogen) atoms. The van der Waals surface area contributed by atoms with Gasteiger partial charge in [-0.3, -0.25) is 14.5 Å². The quantitative estimate of drug-likeness (QED) is 0.519. The summed E-state index contributed by atoms with van der Waals surface area (Å²) in [6, 6.07) is 20.2. The van der Waals surface area contributed by atoms with Crippen LogP contribution in [-0.2, 0) is 4.79 Å². The van der Waals surface area contributed by atoms with E-state index in [0.717, 1.165) is 28.5 Å². The minimum Gasteiger partial charge on any atom is -0.497 e. The number of imide groups is 1. The molecule has 0 radical (unpaired) electrons. The Morgan fingerprint density at radius 1 is 1.03 bits per heavy atom. The number of fused-ring (bicyclic) bond motifs is 1. The van der Waals surface area contributed by atoms with E-state index in [0.29, 0.717) is 18.7 Å². The van der Waals surface area contributed by atoms with Gasteiger partial charge in [0.05, 0.1) is 19.7 Å². The molecule has 0 spiro atoms. The smallest absolute Gasteiger partial charge is 0.261 e. The lowest BCUT2D eigenvalue weighted by Gasteiger charge is -2.28. The third-order valence-electron chi connectivity index (χ3n) is 5.28. The van der Waals surface area contributed by atoms with Gasteiger partial charge in [0.15, 0.2) is 0 Å². The fourth-order valence-electron chi connectivity index (χ4n) is 3.51. The van der Waals surface area contributed by atoms with Crippen LogP contribution in [-0.4, -0.2) is 43.5 Å². The molecule has 0 aliphatic rings. The predicted octanol–water partition coefficient (Wildman–Crippen LogP) is 3.52. The summed E-state index contributed by atoms with van der Waals surface area (Å²) in [5.41, 5.74) is 6.88. The van der Waals surface area contributed by atoms with Crippen LogP contribution in [0.25, 0.3) is 10.8 Å². The first kappa shape index (κ1) is 22.5. The first-order valence-electron chi connectivity index (χ1n) is 10.4. The van der Waals surface area contributed by atoms with Gasteiger partial charge in [0.2, 0.25) is 5.91 Å². The van der Waals surface area contributed by atoms with E-state index in [1.54, 1.807) is 31.4 Å². The fraction of sp³-hybridized carbons (Fsp3) is 0.280. The first-order valence-corrected chi connectivity index (χ1v) is 10.4. The van der Waals surface area contributed by atoms with Crippen LogP contribution < -0.4 is 15.8 Å². The van der Waals surface area contributed by atoms with Crippen LogP contribution in [0.4, 0.5) is 0 Å². The highest BCUT2D eigenvalue weighted by Crippen LogP contribution is 2.28. The standard InChI is InChI=1S/C25H29N3O3/c1-18(21-10-9-19-11-12-23(31-2)16-22(19)15-21)28(24(29)17-27-14-6-13-26)25(30)20-7-4-3-5-8-20/h3-5,7-12,15-16,18,27H,6,13-14,17,26H2,1-2H3/t18-/m1/s1. The van der Waals surface area contributed by atoms with Crippen molar-refractivity contribution in [3.8, 4) is 5.75 Å². The van der Waals surface area contributed by atoms with Gasteiger partial charge in [-0.15, -0.1) is 0 Å². The maximum atomic E-state index is 13.3. The number of amides is 2. The number of hydrogen-bond acceptors (Lipinski definition) is 5. The van der Waals surface area contributed by atoms with E-state index in [1.807, 2.05) is 49.4 Å². The molecule has 6 heteroatoms. The van der Waals surface area contributed by atoms with Gasteiger partial charge in [-0.1, -0.05) is 36.4 Å². The summed E-state index contributed by atoms with van der Waals surface area (Å²) in [4.78, 5) is 27.7. The molecule has 0 bridgehead atoms. The Kier molecular flexibility index (Phi) is 7.76. The fourth-order valence-corrected chi connectivity index (χ4v) is 3.51. The summed E-state index contributed by atoms with van der Waals surface area (Å²) >= 11 is 0. The Morgan fingerprint density at radius 2 is 1.77 bits per heavy atom. The van der Waals surface area contributed by atoms with Crippen LogP contribution in [0.15, 0.2) is 66.7 Å². The van der Waals surface area contributed by atoms with E-state index in [9.17, 15) is 9.59 Å². The molecule has 2 amide bonds. The van der Waals surface area contributed by atoms with Crippen molar-refractivity contribution < 1.29 is 14.3 Å². The van der Waals surface area contributed by atoms with Gasteiger partial charge < -0.3 is 15.8 Å². The number of ether oxygens (including phenoxy) is 1. The molecule has 6 nitrogen and oxygen atoms in total. The largest absolute Gasteiger partial charge is 0.497 e. The summed E-state index contributed by atoms with van der Waals surface area (Å²) in [5.74, 6) is 0.170. The van der Waals surface area contributed by atoms with E-state index in [4.69, 9.17) is 10.5 Å². The van der Waals surface area contributed by atoms with Crippen molar-refractivity contribution in [2.75, 3.05) is 26.7 Å². The SMILES string of the molecule is COc1ccc2ccc([C@@H](C)N(C(=O)CNCCCN)C(=O)c3ccccc3)cc2c1. The molecule has 0 aromatic heterocycles. The van der Waals surface area contributed by atoms with Crippen molar-refractivity contribution in [3.63, 3.8) is 0 Å². The van der Waals surface area contributed by atoms with Crippen LogP contribution in [0.3, 0.4) is 0 Å². The van der Waals surface area contributed by atoms with Gasteiger partial charge >= 0.3 is 0 Å². The van der Waals surface area contributed by atoms with Crippen molar-refractivity contribution in [1.82, 2.24) is 10.2 Å². The van der Waals surface area contributed by atoms with Gasteiger partial charge in [-0.05, 0) is 73.1 Å². The summed E-state index contributed by atoms with van der Waals surface area (Å²) in [6.45, 7) is 3.12. The lowest BCUT2D eigenvalue weighted by Crippen LogP contribution is -2.44. The molecule has 3 rings (SSSR count). The molecule has 0 unspecified atom stereocenters. The molecule has 162 valence electrons. The topological polar surface area (TPSA) is 84.7 Å². The third kappa shape index (κ3) is 5.48. The van der Waals surface area contributed by atoms with E-state index < -0.39 is 6.04 Å². The number of nitrogens with zero attached hydrogens (tertiary/aromatic N) is 1. The van der Waals surface area contributed by atoms with E-state index in [2.05, 4.69) is 5.32 Å². The van der Waals surface area contributed by atoms with Gasteiger partial charge in [0.1, 0.15) is 5.75 Å². The number of methoxy groups -OCH3 is 1. The minimum absolute atomic E-state index is 0.0737. The molecule has 3 aromatic rings. The van der Waals surface area contributed by atoms with Gasteiger partial charge in [0, 0.05) is 5.56 Å². The normalized spacial score (nSPS) is 11.8. The molecule has 0 heterocycles. The van der Waals surface area contributed by atoms with Crippen LogP contribution in [0.2, 0.25) is 0 Å². The maximum absolute atomic E-state index is 13.3. The Balaban J connectivity index is 1.92. The second kappa shape index (κ2) is 10.7. The maximum Gasteiger partial charge on any atom is 0.261 e. The lowest BCUT2D eigenvalue weighted by molar-refractivity contribution is -0.129. The lowest BCUT2D eigenvalue weighted by atomic mass is 10.0. The number of carbonyl (C=O) groups excluding carboxylic acids is 2. The highest BCUT2D eigenvalue weighted by atomic mass is 16.5. The summed E-state index contributed by atoms with van der Waals surface area (Å²) < 4.78 is 5.33.